The highest BCUT2D eigenvalue weighted by atomic mass is 32.1. The Balaban J connectivity index is 1.93. The van der Waals surface area contributed by atoms with Crippen LogP contribution in [0.4, 0.5) is 0 Å². The monoisotopic (exact) mass is 266 g/mol. The summed E-state index contributed by atoms with van der Waals surface area (Å²) in [5.74, 6) is 0. The molecule has 3 heteroatoms. The SMILES string of the molecule is CC(Cc1cccs1)N(C)C1CCCCCC1N. The largest absolute Gasteiger partial charge is 0.326 e. The predicted molar refractivity (Wildman–Crippen MR) is 80.1 cm³/mol. The van der Waals surface area contributed by atoms with Crippen LogP contribution in [0.3, 0.4) is 0 Å². The number of likely N-dealkylation sites (N-methyl/N-ethyl adjacent to an activating group) is 1. The number of thiophene rings is 1. The van der Waals surface area contributed by atoms with Crippen molar-refractivity contribution < 1.29 is 0 Å². The lowest BCUT2D eigenvalue weighted by Gasteiger charge is -2.36. The van der Waals surface area contributed by atoms with Crippen LogP contribution in [0.15, 0.2) is 17.5 Å². The minimum absolute atomic E-state index is 0.364. The quantitative estimate of drug-likeness (QED) is 0.848. The molecule has 3 unspecified atom stereocenters. The molecule has 0 amide bonds. The smallest absolute Gasteiger partial charge is 0.0247 e. The Bertz CT molecular complexity index is 336. The number of nitrogens with two attached hydrogens (primary N) is 1. The van der Waals surface area contributed by atoms with Gasteiger partial charge in [0.15, 0.2) is 0 Å². The van der Waals surface area contributed by atoms with E-state index in [4.69, 9.17) is 5.73 Å². The molecule has 2 rings (SSSR count). The molecule has 1 aliphatic rings. The Morgan fingerprint density at radius 3 is 2.89 bits per heavy atom. The van der Waals surface area contributed by atoms with Crippen molar-refractivity contribution in [1.82, 2.24) is 4.90 Å². The number of hydrogen-bond donors (Lipinski definition) is 1. The topological polar surface area (TPSA) is 29.3 Å². The fraction of sp³-hybridized carbons (Fsp3) is 0.733. The number of nitrogens with zero attached hydrogens (tertiary/aromatic N) is 1. The maximum Gasteiger partial charge on any atom is 0.0247 e. The zero-order valence-electron chi connectivity index (χ0n) is 11.6. The first-order chi connectivity index (χ1) is 8.68. The van der Waals surface area contributed by atoms with E-state index in [0.717, 1.165) is 6.42 Å². The van der Waals surface area contributed by atoms with Crippen LogP contribution in [-0.2, 0) is 6.42 Å². The summed E-state index contributed by atoms with van der Waals surface area (Å²) in [4.78, 5) is 4.01. The first-order valence-corrected chi connectivity index (χ1v) is 8.06. The second kappa shape index (κ2) is 6.69. The van der Waals surface area contributed by atoms with Gasteiger partial charge in [-0.3, -0.25) is 4.90 Å². The van der Waals surface area contributed by atoms with Crippen molar-refractivity contribution in [2.45, 2.75) is 63.6 Å². The van der Waals surface area contributed by atoms with Gasteiger partial charge < -0.3 is 5.73 Å². The maximum atomic E-state index is 6.35. The molecule has 3 atom stereocenters. The van der Waals surface area contributed by atoms with Crippen molar-refractivity contribution in [3.05, 3.63) is 22.4 Å². The van der Waals surface area contributed by atoms with Crippen molar-refractivity contribution >= 4 is 11.3 Å². The van der Waals surface area contributed by atoms with Crippen LogP contribution in [-0.4, -0.2) is 30.1 Å². The summed E-state index contributed by atoms with van der Waals surface area (Å²) in [6.45, 7) is 2.33. The van der Waals surface area contributed by atoms with Gasteiger partial charge in [-0.15, -0.1) is 11.3 Å². The Labute approximate surface area is 115 Å². The summed E-state index contributed by atoms with van der Waals surface area (Å²) in [7, 11) is 2.26. The van der Waals surface area contributed by atoms with E-state index in [-0.39, 0.29) is 0 Å². The molecule has 1 saturated carbocycles. The van der Waals surface area contributed by atoms with Gasteiger partial charge in [-0.2, -0.15) is 0 Å². The van der Waals surface area contributed by atoms with E-state index in [9.17, 15) is 0 Å². The first-order valence-electron chi connectivity index (χ1n) is 7.18. The van der Waals surface area contributed by atoms with Crippen LogP contribution < -0.4 is 5.73 Å². The van der Waals surface area contributed by atoms with E-state index in [2.05, 4.69) is 36.4 Å². The zero-order chi connectivity index (χ0) is 13.0. The Morgan fingerprint density at radius 1 is 1.39 bits per heavy atom. The minimum Gasteiger partial charge on any atom is -0.326 e. The van der Waals surface area contributed by atoms with Gasteiger partial charge in [0, 0.05) is 23.0 Å². The van der Waals surface area contributed by atoms with E-state index in [1.54, 1.807) is 0 Å². The van der Waals surface area contributed by atoms with E-state index in [0.29, 0.717) is 18.1 Å². The summed E-state index contributed by atoms with van der Waals surface area (Å²) in [6, 6.07) is 5.90. The fourth-order valence-corrected chi connectivity index (χ4v) is 3.84. The Morgan fingerprint density at radius 2 is 2.17 bits per heavy atom. The lowest BCUT2D eigenvalue weighted by Crippen LogP contribution is -2.49. The highest BCUT2D eigenvalue weighted by molar-refractivity contribution is 7.09. The van der Waals surface area contributed by atoms with Crippen molar-refractivity contribution in [1.29, 1.82) is 0 Å². The van der Waals surface area contributed by atoms with Crippen LogP contribution >= 0.6 is 11.3 Å². The van der Waals surface area contributed by atoms with Crippen LogP contribution in [0.25, 0.3) is 0 Å². The predicted octanol–water partition coefficient (Wildman–Crippen LogP) is 3.27. The molecule has 1 heterocycles. The molecule has 0 bridgehead atoms. The van der Waals surface area contributed by atoms with Crippen LogP contribution in [0.1, 0.15) is 43.9 Å². The van der Waals surface area contributed by atoms with E-state index in [1.807, 2.05) is 11.3 Å². The Kier molecular flexibility index (Phi) is 5.22. The second-order valence-corrected chi connectivity index (χ2v) is 6.70. The van der Waals surface area contributed by atoms with Gasteiger partial charge in [-0.25, -0.2) is 0 Å². The third-order valence-electron chi connectivity index (χ3n) is 4.33. The van der Waals surface area contributed by atoms with Crippen molar-refractivity contribution in [3.8, 4) is 0 Å². The highest BCUT2D eigenvalue weighted by Gasteiger charge is 2.26. The van der Waals surface area contributed by atoms with Gasteiger partial charge in [-0.1, -0.05) is 25.3 Å². The van der Waals surface area contributed by atoms with E-state index >= 15 is 0 Å². The molecule has 1 aromatic rings. The minimum atomic E-state index is 0.364. The van der Waals surface area contributed by atoms with Gasteiger partial charge in [0.25, 0.3) is 0 Å². The molecule has 0 saturated heterocycles. The molecule has 2 nitrogen and oxygen atoms in total. The highest BCUT2D eigenvalue weighted by Crippen LogP contribution is 2.23. The average Bonchev–Trinajstić information content (AvgIpc) is 2.76. The van der Waals surface area contributed by atoms with Gasteiger partial charge in [0.1, 0.15) is 0 Å². The summed E-state index contributed by atoms with van der Waals surface area (Å²) in [5.41, 5.74) is 6.35. The second-order valence-electron chi connectivity index (χ2n) is 5.67. The van der Waals surface area contributed by atoms with Crippen LogP contribution in [0.5, 0.6) is 0 Å². The standard InChI is InChI=1S/C15H26N2S/c1-12(11-13-7-6-10-18-13)17(2)15-9-5-3-4-8-14(15)16/h6-7,10,12,14-15H,3-5,8-9,11,16H2,1-2H3. The van der Waals surface area contributed by atoms with Gasteiger partial charge in [0.05, 0.1) is 0 Å². The number of hydrogen-bond acceptors (Lipinski definition) is 3. The lowest BCUT2D eigenvalue weighted by atomic mass is 10.00. The average molecular weight is 266 g/mol. The molecule has 18 heavy (non-hydrogen) atoms. The summed E-state index contributed by atoms with van der Waals surface area (Å²) in [5, 5.41) is 2.17. The zero-order valence-corrected chi connectivity index (χ0v) is 12.5. The molecule has 0 radical (unpaired) electrons. The molecule has 0 aromatic carbocycles. The first kappa shape index (κ1) is 14.0. The molecule has 1 fully saturated rings. The van der Waals surface area contributed by atoms with Gasteiger partial charge in [0.2, 0.25) is 0 Å². The van der Waals surface area contributed by atoms with Gasteiger partial charge in [-0.05, 0) is 44.7 Å². The molecular formula is C15H26N2S. The molecule has 102 valence electrons. The summed E-state index contributed by atoms with van der Waals surface area (Å²) in [6.07, 6.45) is 7.63. The molecule has 0 aliphatic heterocycles. The van der Waals surface area contributed by atoms with E-state index in [1.165, 1.54) is 37.0 Å². The van der Waals surface area contributed by atoms with Crippen molar-refractivity contribution in [2.24, 2.45) is 5.73 Å². The normalized spacial score (nSPS) is 27.1. The summed E-state index contributed by atoms with van der Waals surface area (Å²) < 4.78 is 0. The molecule has 1 aliphatic carbocycles. The third kappa shape index (κ3) is 3.56. The lowest BCUT2D eigenvalue weighted by molar-refractivity contribution is 0.152. The van der Waals surface area contributed by atoms with Crippen molar-refractivity contribution in [3.63, 3.8) is 0 Å². The third-order valence-corrected chi connectivity index (χ3v) is 5.23. The number of rotatable bonds is 4. The molecular weight excluding hydrogens is 240 g/mol. The van der Waals surface area contributed by atoms with Crippen molar-refractivity contribution in [2.75, 3.05) is 7.05 Å². The Hall–Kier alpha value is -0.380. The van der Waals surface area contributed by atoms with Gasteiger partial charge >= 0.3 is 0 Å². The molecule has 1 aromatic heterocycles. The van der Waals surface area contributed by atoms with Crippen LogP contribution in [0, 0.1) is 0 Å². The molecule has 0 spiro atoms. The molecule has 2 N–H and O–H groups in total. The summed E-state index contributed by atoms with van der Waals surface area (Å²) >= 11 is 1.86. The fourth-order valence-electron chi connectivity index (χ4n) is 3.01. The van der Waals surface area contributed by atoms with E-state index < -0.39 is 0 Å². The van der Waals surface area contributed by atoms with Crippen LogP contribution in [0.2, 0.25) is 0 Å². The maximum absolute atomic E-state index is 6.35.